The van der Waals surface area contributed by atoms with Crippen LogP contribution in [0.25, 0.3) is 0 Å². The predicted molar refractivity (Wildman–Crippen MR) is 74.1 cm³/mol. The molecule has 0 amide bonds. The van der Waals surface area contributed by atoms with Gasteiger partial charge in [0.25, 0.3) is 0 Å². The summed E-state index contributed by atoms with van der Waals surface area (Å²) in [6, 6.07) is 0. The second-order valence-electron chi connectivity index (χ2n) is 6.18. The van der Waals surface area contributed by atoms with Crippen LogP contribution in [0.1, 0.15) is 64.7 Å². The minimum absolute atomic E-state index is 0.365. The van der Waals surface area contributed by atoms with Gasteiger partial charge in [-0.15, -0.1) is 0 Å². The summed E-state index contributed by atoms with van der Waals surface area (Å²) < 4.78 is 0. The van der Waals surface area contributed by atoms with Gasteiger partial charge in [0, 0.05) is 12.1 Å². The Balaban J connectivity index is 2.01. The molecule has 1 saturated heterocycles. The molecule has 17 heavy (non-hydrogen) atoms. The molecule has 1 aliphatic carbocycles. The molecule has 1 saturated carbocycles. The minimum Gasteiger partial charge on any atom is -0.329 e. The number of likely N-dealkylation sites (tertiary alicyclic amines) is 1. The van der Waals surface area contributed by atoms with E-state index >= 15 is 0 Å². The monoisotopic (exact) mass is 238 g/mol. The highest BCUT2D eigenvalue weighted by Crippen LogP contribution is 2.36. The van der Waals surface area contributed by atoms with Crippen molar-refractivity contribution >= 4 is 0 Å². The Morgan fingerprint density at radius 2 is 1.82 bits per heavy atom. The number of piperidine rings is 1. The summed E-state index contributed by atoms with van der Waals surface area (Å²) in [5, 5.41) is 0. The maximum absolute atomic E-state index is 6.18. The molecular formula is C15H30N2. The van der Waals surface area contributed by atoms with Gasteiger partial charge in [0.15, 0.2) is 0 Å². The topological polar surface area (TPSA) is 29.3 Å². The molecular weight excluding hydrogens is 208 g/mol. The quantitative estimate of drug-likeness (QED) is 0.765. The third-order valence-electron chi connectivity index (χ3n) is 5.26. The lowest BCUT2D eigenvalue weighted by Crippen LogP contribution is -2.55. The summed E-state index contributed by atoms with van der Waals surface area (Å²) in [6.45, 7) is 5.83. The molecule has 2 rings (SSSR count). The Labute approximate surface area is 107 Å². The van der Waals surface area contributed by atoms with Crippen molar-refractivity contribution in [2.75, 3.05) is 19.6 Å². The lowest BCUT2D eigenvalue weighted by atomic mass is 9.86. The van der Waals surface area contributed by atoms with Crippen LogP contribution in [0.15, 0.2) is 0 Å². The van der Waals surface area contributed by atoms with Crippen LogP contribution < -0.4 is 5.73 Å². The lowest BCUT2D eigenvalue weighted by molar-refractivity contribution is 0.0577. The first kappa shape index (κ1) is 13.4. The molecule has 100 valence electrons. The first-order valence-corrected chi connectivity index (χ1v) is 7.76. The van der Waals surface area contributed by atoms with Gasteiger partial charge in [-0.2, -0.15) is 0 Å². The molecule has 0 aromatic rings. The Morgan fingerprint density at radius 1 is 1.06 bits per heavy atom. The molecule has 0 bridgehead atoms. The Hall–Kier alpha value is -0.0800. The number of hydrogen-bond acceptors (Lipinski definition) is 2. The maximum Gasteiger partial charge on any atom is 0.0331 e. The molecule has 0 aromatic heterocycles. The maximum atomic E-state index is 6.18. The van der Waals surface area contributed by atoms with Gasteiger partial charge in [-0.05, 0) is 51.1 Å². The molecule has 2 N–H and O–H groups in total. The molecule has 2 aliphatic rings. The van der Waals surface area contributed by atoms with Crippen LogP contribution in [0.4, 0.5) is 0 Å². The van der Waals surface area contributed by atoms with Crippen molar-refractivity contribution in [3.63, 3.8) is 0 Å². The molecule has 2 atom stereocenters. The van der Waals surface area contributed by atoms with Gasteiger partial charge in [-0.25, -0.2) is 0 Å². The largest absolute Gasteiger partial charge is 0.329 e. The summed E-state index contributed by atoms with van der Waals surface area (Å²) in [6.07, 6.45) is 12.5. The first-order valence-electron chi connectivity index (χ1n) is 7.76. The summed E-state index contributed by atoms with van der Waals surface area (Å²) in [5.74, 6) is 0.966. The van der Waals surface area contributed by atoms with Crippen molar-refractivity contribution in [1.29, 1.82) is 0 Å². The molecule has 1 heterocycles. The fourth-order valence-electron chi connectivity index (χ4n) is 3.89. The zero-order chi connectivity index (χ0) is 12.1. The number of nitrogens with zero attached hydrogens (tertiary/aromatic N) is 1. The highest BCUT2D eigenvalue weighted by molar-refractivity contribution is 4.95. The van der Waals surface area contributed by atoms with Gasteiger partial charge in [0.05, 0.1) is 0 Å². The second-order valence-corrected chi connectivity index (χ2v) is 6.18. The third-order valence-corrected chi connectivity index (χ3v) is 5.26. The van der Waals surface area contributed by atoms with Crippen LogP contribution in [-0.4, -0.2) is 30.1 Å². The SMILES string of the molecule is CCC1CCCC(CN)(N2CCCCC2)CC1. The van der Waals surface area contributed by atoms with Crippen LogP contribution in [0.2, 0.25) is 0 Å². The normalized spacial score (nSPS) is 36.7. The van der Waals surface area contributed by atoms with E-state index in [9.17, 15) is 0 Å². The van der Waals surface area contributed by atoms with Gasteiger partial charge in [-0.3, -0.25) is 4.90 Å². The van der Waals surface area contributed by atoms with Crippen molar-refractivity contribution in [2.45, 2.75) is 70.3 Å². The van der Waals surface area contributed by atoms with Gasteiger partial charge in [-0.1, -0.05) is 32.6 Å². The highest BCUT2D eigenvalue weighted by atomic mass is 15.2. The van der Waals surface area contributed by atoms with Crippen molar-refractivity contribution in [2.24, 2.45) is 11.7 Å². The predicted octanol–water partition coefficient (Wildman–Crippen LogP) is 3.16. The molecule has 2 fully saturated rings. The van der Waals surface area contributed by atoms with E-state index in [-0.39, 0.29) is 0 Å². The number of rotatable bonds is 3. The van der Waals surface area contributed by atoms with Gasteiger partial charge >= 0.3 is 0 Å². The smallest absolute Gasteiger partial charge is 0.0331 e. The highest BCUT2D eigenvalue weighted by Gasteiger charge is 2.37. The Kier molecular flexibility index (Phi) is 4.87. The number of hydrogen-bond donors (Lipinski definition) is 1. The molecule has 1 aliphatic heterocycles. The summed E-state index contributed by atoms with van der Waals surface area (Å²) in [4.78, 5) is 2.74. The second kappa shape index (κ2) is 6.19. The van der Waals surface area contributed by atoms with Gasteiger partial charge in [0.2, 0.25) is 0 Å². The van der Waals surface area contributed by atoms with Crippen LogP contribution in [-0.2, 0) is 0 Å². The van der Waals surface area contributed by atoms with Crippen LogP contribution in [0.5, 0.6) is 0 Å². The molecule has 2 unspecified atom stereocenters. The first-order chi connectivity index (χ1) is 8.30. The third kappa shape index (κ3) is 3.03. The van der Waals surface area contributed by atoms with Crippen LogP contribution in [0.3, 0.4) is 0 Å². The van der Waals surface area contributed by atoms with E-state index in [4.69, 9.17) is 5.73 Å². The van der Waals surface area contributed by atoms with E-state index in [2.05, 4.69) is 11.8 Å². The van der Waals surface area contributed by atoms with Crippen molar-refractivity contribution in [3.05, 3.63) is 0 Å². The molecule has 2 heteroatoms. The molecule has 0 spiro atoms. The summed E-state index contributed by atoms with van der Waals surface area (Å²) >= 11 is 0. The lowest BCUT2D eigenvalue weighted by Gasteiger charge is -2.45. The van der Waals surface area contributed by atoms with Crippen LogP contribution in [0, 0.1) is 5.92 Å². The summed E-state index contributed by atoms with van der Waals surface area (Å²) in [5.41, 5.74) is 6.55. The van der Waals surface area contributed by atoms with E-state index < -0.39 is 0 Å². The van der Waals surface area contributed by atoms with E-state index in [1.165, 1.54) is 70.9 Å². The van der Waals surface area contributed by atoms with E-state index in [1.807, 2.05) is 0 Å². The Bertz CT molecular complexity index is 223. The number of nitrogens with two attached hydrogens (primary N) is 1. The van der Waals surface area contributed by atoms with Gasteiger partial charge in [0.1, 0.15) is 0 Å². The van der Waals surface area contributed by atoms with Gasteiger partial charge < -0.3 is 5.73 Å². The standard InChI is InChI=1S/C15H30N2/c1-2-14-7-6-9-15(13-16,10-8-14)17-11-4-3-5-12-17/h14H,2-13,16H2,1H3. The zero-order valence-electron chi connectivity index (χ0n) is 11.6. The van der Waals surface area contributed by atoms with E-state index in [0.717, 1.165) is 12.5 Å². The fourth-order valence-corrected chi connectivity index (χ4v) is 3.89. The minimum atomic E-state index is 0.365. The van der Waals surface area contributed by atoms with Crippen molar-refractivity contribution < 1.29 is 0 Å². The molecule has 0 aromatic carbocycles. The fraction of sp³-hybridized carbons (Fsp3) is 1.00. The van der Waals surface area contributed by atoms with Crippen LogP contribution >= 0.6 is 0 Å². The zero-order valence-corrected chi connectivity index (χ0v) is 11.6. The van der Waals surface area contributed by atoms with Crippen molar-refractivity contribution in [1.82, 2.24) is 4.90 Å². The average Bonchev–Trinajstić information content (AvgIpc) is 2.62. The summed E-state index contributed by atoms with van der Waals surface area (Å²) in [7, 11) is 0. The van der Waals surface area contributed by atoms with E-state index in [1.54, 1.807) is 0 Å². The van der Waals surface area contributed by atoms with Crippen molar-refractivity contribution in [3.8, 4) is 0 Å². The van der Waals surface area contributed by atoms with E-state index in [0.29, 0.717) is 5.54 Å². The average molecular weight is 238 g/mol. The Morgan fingerprint density at radius 3 is 2.47 bits per heavy atom. The molecule has 2 nitrogen and oxygen atoms in total. The molecule has 0 radical (unpaired) electrons.